The van der Waals surface area contributed by atoms with E-state index in [9.17, 15) is 17.6 Å². The van der Waals surface area contributed by atoms with Gasteiger partial charge in [-0.3, -0.25) is 14.7 Å². The number of ether oxygens (including phenoxy) is 1. The third-order valence-electron chi connectivity index (χ3n) is 7.07. The van der Waals surface area contributed by atoms with E-state index in [-0.39, 0.29) is 11.5 Å². The lowest BCUT2D eigenvalue weighted by Gasteiger charge is -2.31. The van der Waals surface area contributed by atoms with Crippen molar-refractivity contribution in [2.24, 2.45) is 5.92 Å². The monoisotopic (exact) mass is 535 g/mol. The molecule has 1 aromatic heterocycles. The van der Waals surface area contributed by atoms with Crippen molar-refractivity contribution >= 4 is 27.5 Å². The van der Waals surface area contributed by atoms with Crippen LogP contribution in [0.15, 0.2) is 24.3 Å². The number of nitrogens with one attached hydrogen (secondary N) is 1. The number of likely N-dealkylation sites (tertiary alicyclic amines) is 1. The molecule has 1 saturated heterocycles. The number of benzene rings is 1. The number of hydrogen-bond acceptors (Lipinski definition) is 6. The standard InChI is InChI=1S/C26H31ClFN3O4S/c1-36(33,34)30-26(32)22-12-21(17-2-3-17)25(13-23(22)28)35-15-16-6-8-31(9-7-16)14-20-10-19(27)11-24(29-20)18-4-5-18/h10-13,16-18H,2-9,14-15H2,1H3,(H,30,32). The van der Waals surface area contributed by atoms with Gasteiger partial charge < -0.3 is 4.74 Å². The van der Waals surface area contributed by atoms with Crippen LogP contribution in [0.2, 0.25) is 5.02 Å². The summed E-state index contributed by atoms with van der Waals surface area (Å²) in [6.45, 7) is 3.11. The summed E-state index contributed by atoms with van der Waals surface area (Å²) >= 11 is 6.32. The Labute approximate surface area is 216 Å². The lowest BCUT2D eigenvalue weighted by atomic mass is 9.97. The molecule has 0 bridgehead atoms. The Balaban J connectivity index is 1.17. The van der Waals surface area contributed by atoms with Gasteiger partial charge in [0.15, 0.2) is 0 Å². The third-order valence-corrected chi connectivity index (χ3v) is 7.84. The van der Waals surface area contributed by atoms with Gasteiger partial charge >= 0.3 is 0 Å². The van der Waals surface area contributed by atoms with Crippen molar-refractivity contribution < 1.29 is 22.3 Å². The zero-order valence-corrected chi connectivity index (χ0v) is 21.9. The van der Waals surface area contributed by atoms with Crippen molar-refractivity contribution in [2.75, 3.05) is 26.0 Å². The van der Waals surface area contributed by atoms with Crippen LogP contribution in [0.25, 0.3) is 0 Å². The minimum Gasteiger partial charge on any atom is -0.493 e. The van der Waals surface area contributed by atoms with Crippen LogP contribution in [0.4, 0.5) is 4.39 Å². The van der Waals surface area contributed by atoms with E-state index in [0.29, 0.717) is 24.2 Å². The number of halogens is 2. The Bertz CT molecular complexity index is 1260. The van der Waals surface area contributed by atoms with Crippen LogP contribution in [-0.2, 0) is 16.6 Å². The first-order valence-corrected chi connectivity index (χ1v) is 14.8. The van der Waals surface area contributed by atoms with Crippen LogP contribution in [0, 0.1) is 11.7 Å². The number of sulfonamides is 1. The molecule has 2 heterocycles. The van der Waals surface area contributed by atoms with E-state index in [1.807, 2.05) is 16.9 Å². The van der Waals surface area contributed by atoms with Gasteiger partial charge in [0, 0.05) is 29.2 Å². The third kappa shape index (κ3) is 6.55. The van der Waals surface area contributed by atoms with E-state index in [0.717, 1.165) is 73.5 Å². The fourth-order valence-electron chi connectivity index (χ4n) is 4.80. The normalized spacial score (nSPS) is 19.3. The van der Waals surface area contributed by atoms with Crippen molar-refractivity contribution in [3.05, 3.63) is 57.6 Å². The predicted octanol–water partition coefficient (Wildman–Crippen LogP) is 4.61. The van der Waals surface area contributed by atoms with Crippen LogP contribution >= 0.6 is 11.6 Å². The molecule has 2 saturated carbocycles. The molecule has 2 aliphatic carbocycles. The topological polar surface area (TPSA) is 88.6 Å². The Morgan fingerprint density at radius 2 is 1.81 bits per heavy atom. The predicted molar refractivity (Wildman–Crippen MR) is 135 cm³/mol. The summed E-state index contributed by atoms with van der Waals surface area (Å²) in [6.07, 6.45) is 7.06. The molecule has 3 fully saturated rings. The molecule has 1 aliphatic heterocycles. The molecule has 5 rings (SSSR count). The van der Waals surface area contributed by atoms with Crippen LogP contribution in [0.1, 0.15) is 77.7 Å². The SMILES string of the molecule is CS(=O)(=O)NC(=O)c1cc(C2CC2)c(OCC2CCN(Cc3cc(Cl)cc(C4CC4)n3)CC2)cc1F. The van der Waals surface area contributed by atoms with Gasteiger partial charge in [0.2, 0.25) is 10.0 Å². The van der Waals surface area contributed by atoms with Crippen molar-refractivity contribution in [3.8, 4) is 5.75 Å². The van der Waals surface area contributed by atoms with Gasteiger partial charge in [-0.2, -0.15) is 0 Å². The second-order valence-electron chi connectivity index (χ2n) is 10.4. The number of rotatable bonds is 9. The minimum absolute atomic E-state index is 0.206. The molecule has 3 aliphatic rings. The fourth-order valence-corrected chi connectivity index (χ4v) is 5.48. The fraction of sp³-hybridized carbons (Fsp3) is 0.538. The minimum atomic E-state index is -3.78. The van der Waals surface area contributed by atoms with Gasteiger partial charge in [-0.05, 0) is 87.2 Å². The molecule has 7 nitrogen and oxygen atoms in total. The van der Waals surface area contributed by atoms with Crippen LogP contribution in [-0.4, -0.2) is 50.2 Å². The molecule has 194 valence electrons. The largest absolute Gasteiger partial charge is 0.493 e. The molecule has 0 radical (unpaired) electrons. The number of pyridine rings is 1. The number of hydrogen-bond donors (Lipinski definition) is 1. The average Bonchev–Trinajstić information content (AvgIpc) is 3.70. The van der Waals surface area contributed by atoms with Gasteiger partial charge in [-0.25, -0.2) is 17.5 Å². The van der Waals surface area contributed by atoms with Crippen molar-refractivity contribution in [1.82, 2.24) is 14.6 Å². The Hall–Kier alpha value is -2.23. The van der Waals surface area contributed by atoms with Crippen LogP contribution in [0.5, 0.6) is 5.75 Å². The number of carbonyl (C=O) groups excluding carboxylic acids is 1. The first kappa shape index (κ1) is 25.4. The van der Waals surface area contributed by atoms with E-state index >= 15 is 0 Å². The summed E-state index contributed by atoms with van der Waals surface area (Å²) in [7, 11) is -3.78. The summed E-state index contributed by atoms with van der Waals surface area (Å²) < 4.78 is 45.4. The van der Waals surface area contributed by atoms with Gasteiger partial charge in [0.05, 0.1) is 24.1 Å². The van der Waals surface area contributed by atoms with E-state index < -0.39 is 21.7 Å². The van der Waals surface area contributed by atoms with Crippen molar-refractivity contribution in [2.45, 2.75) is 56.9 Å². The molecule has 1 amide bonds. The van der Waals surface area contributed by atoms with Crippen LogP contribution < -0.4 is 9.46 Å². The molecule has 1 N–H and O–H groups in total. The Kier molecular flexibility index (Phi) is 7.25. The highest BCUT2D eigenvalue weighted by molar-refractivity contribution is 7.89. The smallest absolute Gasteiger partial charge is 0.267 e. The number of carbonyl (C=O) groups is 1. The lowest BCUT2D eigenvalue weighted by molar-refractivity contribution is 0.0977. The molecule has 1 aromatic carbocycles. The molecular formula is C26H31ClFN3O4S. The summed E-state index contributed by atoms with van der Waals surface area (Å²) in [5.74, 6) is -0.181. The zero-order chi connectivity index (χ0) is 25.4. The molecule has 0 spiro atoms. The Morgan fingerprint density at radius 3 is 2.44 bits per heavy atom. The molecule has 0 unspecified atom stereocenters. The Morgan fingerprint density at radius 1 is 1.11 bits per heavy atom. The highest BCUT2D eigenvalue weighted by Crippen LogP contribution is 2.45. The maximum atomic E-state index is 14.7. The first-order valence-electron chi connectivity index (χ1n) is 12.5. The summed E-state index contributed by atoms with van der Waals surface area (Å²) in [5.41, 5.74) is 2.62. The summed E-state index contributed by atoms with van der Waals surface area (Å²) in [5, 5.41) is 0.753. The van der Waals surface area contributed by atoms with Crippen molar-refractivity contribution in [3.63, 3.8) is 0 Å². The molecule has 36 heavy (non-hydrogen) atoms. The van der Waals surface area contributed by atoms with Gasteiger partial charge in [0.1, 0.15) is 11.6 Å². The van der Waals surface area contributed by atoms with E-state index in [1.165, 1.54) is 25.0 Å². The molecular weight excluding hydrogens is 505 g/mol. The quantitative estimate of drug-likeness (QED) is 0.504. The second-order valence-corrected chi connectivity index (χ2v) is 12.5. The number of nitrogens with zero attached hydrogens (tertiary/aromatic N) is 2. The van der Waals surface area contributed by atoms with Gasteiger partial charge in [-0.1, -0.05) is 11.6 Å². The van der Waals surface area contributed by atoms with Gasteiger partial charge in [-0.15, -0.1) is 0 Å². The van der Waals surface area contributed by atoms with E-state index in [2.05, 4.69) is 4.90 Å². The summed E-state index contributed by atoms with van der Waals surface area (Å²) in [6, 6.07) is 6.60. The second kappa shape index (κ2) is 10.3. The van der Waals surface area contributed by atoms with E-state index in [4.69, 9.17) is 21.3 Å². The maximum Gasteiger partial charge on any atom is 0.267 e. The highest BCUT2D eigenvalue weighted by atomic mass is 35.5. The number of piperidine rings is 1. The lowest BCUT2D eigenvalue weighted by Crippen LogP contribution is -2.35. The van der Waals surface area contributed by atoms with Crippen molar-refractivity contribution in [1.29, 1.82) is 0 Å². The number of aromatic nitrogens is 1. The molecule has 2 aromatic rings. The average molecular weight is 536 g/mol. The highest BCUT2D eigenvalue weighted by Gasteiger charge is 2.31. The maximum absolute atomic E-state index is 14.7. The first-order chi connectivity index (χ1) is 17.1. The zero-order valence-electron chi connectivity index (χ0n) is 20.3. The molecule has 0 atom stereocenters. The van der Waals surface area contributed by atoms with Crippen LogP contribution in [0.3, 0.4) is 0 Å². The number of amides is 1. The molecule has 10 heteroatoms. The van der Waals surface area contributed by atoms with E-state index in [1.54, 1.807) is 0 Å². The van der Waals surface area contributed by atoms with Gasteiger partial charge in [0.25, 0.3) is 5.91 Å². The summed E-state index contributed by atoms with van der Waals surface area (Å²) in [4.78, 5) is 19.4.